The predicted molar refractivity (Wildman–Crippen MR) is 279 cm³/mol. The Kier molecular flexibility index (Phi) is 11.9. The molecule has 0 bridgehead atoms. The fourth-order valence-corrected chi connectivity index (χ4v) is 9.21. The average molecular weight is 828 g/mol. The van der Waals surface area contributed by atoms with Crippen LogP contribution < -0.4 is 4.90 Å². The third-order valence-electron chi connectivity index (χ3n) is 12.2. The van der Waals surface area contributed by atoms with E-state index in [0.29, 0.717) is 0 Å². The molecule has 10 rings (SSSR count). The van der Waals surface area contributed by atoms with Gasteiger partial charge in [-0.05, 0) is 141 Å². The molecular formula is C61H53N3. The van der Waals surface area contributed by atoms with Crippen molar-refractivity contribution in [1.82, 2.24) is 9.55 Å². The van der Waals surface area contributed by atoms with E-state index in [0.717, 1.165) is 75.1 Å². The molecule has 1 aromatic heterocycles. The van der Waals surface area contributed by atoms with Gasteiger partial charge >= 0.3 is 0 Å². The molecule has 0 amide bonds. The molecule has 0 aliphatic heterocycles. The van der Waals surface area contributed by atoms with E-state index < -0.39 is 0 Å². The van der Waals surface area contributed by atoms with Crippen LogP contribution in [-0.2, 0) is 0 Å². The van der Waals surface area contributed by atoms with Crippen LogP contribution in [0.3, 0.4) is 0 Å². The first-order valence-electron chi connectivity index (χ1n) is 22.5. The normalized spacial score (nSPS) is 12.3. The number of hydrogen-bond acceptors (Lipinski definition) is 2. The Bertz CT molecular complexity index is 3270. The third-order valence-corrected chi connectivity index (χ3v) is 12.2. The minimum absolute atomic E-state index is 0.911. The summed E-state index contributed by atoms with van der Waals surface area (Å²) < 4.78 is 2.25. The zero-order valence-electron chi connectivity index (χ0n) is 37.2. The van der Waals surface area contributed by atoms with Gasteiger partial charge in [0.15, 0.2) is 0 Å². The van der Waals surface area contributed by atoms with Gasteiger partial charge in [-0.1, -0.05) is 179 Å². The second-order valence-corrected chi connectivity index (χ2v) is 16.0. The van der Waals surface area contributed by atoms with E-state index in [1.807, 2.05) is 32.9 Å². The summed E-state index contributed by atoms with van der Waals surface area (Å²) in [6.07, 6.45) is 14.8. The lowest BCUT2D eigenvalue weighted by Gasteiger charge is -2.29. The SMILES string of the molecule is C=Cc1c(/C=C\C)nc(-c2ccc(-c3cc4cc(-c5ccc(C(=C)N(c6ccccc6)c6ccccc6C)cc5)c5ccccc5c4c4ccccc34)cc2)n1C1=CCCC=C1.CC. The highest BCUT2D eigenvalue weighted by molar-refractivity contribution is 6.25. The minimum Gasteiger partial charge on any atom is -0.310 e. The number of fused-ring (bicyclic) bond motifs is 5. The van der Waals surface area contributed by atoms with Crippen LogP contribution in [0.1, 0.15) is 56.1 Å². The van der Waals surface area contributed by atoms with Gasteiger partial charge in [-0.15, -0.1) is 0 Å². The van der Waals surface area contributed by atoms with Gasteiger partial charge in [-0.3, -0.25) is 4.57 Å². The van der Waals surface area contributed by atoms with E-state index in [4.69, 9.17) is 4.98 Å². The Labute approximate surface area is 378 Å². The first-order chi connectivity index (χ1) is 31.5. The number of nitrogens with zero attached hydrogens (tertiary/aromatic N) is 3. The number of hydrogen-bond donors (Lipinski definition) is 0. The summed E-state index contributed by atoms with van der Waals surface area (Å²) in [6.45, 7) is 17.0. The van der Waals surface area contributed by atoms with Crippen molar-refractivity contribution < 1.29 is 0 Å². The fraction of sp³-hybridized carbons (Fsp3) is 0.0984. The average Bonchev–Trinajstić information content (AvgIpc) is 3.73. The maximum atomic E-state index is 5.15. The van der Waals surface area contributed by atoms with Crippen LogP contribution in [0.4, 0.5) is 11.4 Å². The highest BCUT2D eigenvalue weighted by Gasteiger charge is 2.20. The van der Waals surface area contributed by atoms with Crippen LogP contribution >= 0.6 is 0 Å². The molecule has 1 aliphatic carbocycles. The lowest BCUT2D eigenvalue weighted by Crippen LogP contribution is -2.15. The number of aryl methyl sites for hydroxylation is 1. The molecule has 0 N–H and O–H groups in total. The van der Waals surface area contributed by atoms with Gasteiger partial charge in [0.25, 0.3) is 0 Å². The van der Waals surface area contributed by atoms with Crippen molar-refractivity contribution in [1.29, 1.82) is 0 Å². The quantitative estimate of drug-likeness (QED) is 0.128. The second-order valence-electron chi connectivity index (χ2n) is 16.0. The molecule has 0 saturated heterocycles. The fourth-order valence-electron chi connectivity index (χ4n) is 9.21. The van der Waals surface area contributed by atoms with Crippen molar-refractivity contribution >= 4 is 67.2 Å². The van der Waals surface area contributed by atoms with Gasteiger partial charge in [0.2, 0.25) is 0 Å². The maximum absolute atomic E-state index is 5.15. The molecular weight excluding hydrogens is 775 g/mol. The number of aromatic nitrogens is 2. The summed E-state index contributed by atoms with van der Waals surface area (Å²) in [5.41, 5.74) is 14.2. The zero-order valence-corrected chi connectivity index (χ0v) is 37.2. The molecule has 64 heavy (non-hydrogen) atoms. The van der Waals surface area contributed by atoms with Crippen molar-refractivity contribution in [2.24, 2.45) is 0 Å². The van der Waals surface area contributed by atoms with E-state index >= 15 is 0 Å². The van der Waals surface area contributed by atoms with E-state index in [9.17, 15) is 0 Å². The molecule has 9 aromatic rings. The van der Waals surface area contributed by atoms with Crippen LogP contribution in [0.5, 0.6) is 0 Å². The van der Waals surface area contributed by atoms with Gasteiger partial charge in [-0.25, -0.2) is 4.98 Å². The van der Waals surface area contributed by atoms with Gasteiger partial charge < -0.3 is 4.90 Å². The number of rotatable bonds is 10. The van der Waals surface area contributed by atoms with Gasteiger partial charge in [-0.2, -0.15) is 0 Å². The molecule has 0 radical (unpaired) electrons. The predicted octanol–water partition coefficient (Wildman–Crippen LogP) is 17.4. The monoisotopic (exact) mass is 827 g/mol. The summed E-state index contributed by atoms with van der Waals surface area (Å²) in [6, 6.07) is 59.3. The minimum atomic E-state index is 0.911. The molecule has 0 atom stereocenters. The van der Waals surface area contributed by atoms with Crippen molar-refractivity contribution in [2.75, 3.05) is 4.90 Å². The number of imidazole rings is 1. The lowest BCUT2D eigenvalue weighted by atomic mass is 9.87. The molecule has 0 saturated carbocycles. The Morgan fingerprint density at radius 2 is 1.22 bits per heavy atom. The first-order valence-corrected chi connectivity index (χ1v) is 22.5. The molecule has 3 nitrogen and oxygen atoms in total. The smallest absolute Gasteiger partial charge is 0.145 e. The number of benzene rings is 8. The first kappa shape index (κ1) is 41.6. The van der Waals surface area contributed by atoms with E-state index in [1.165, 1.54) is 49.0 Å². The largest absolute Gasteiger partial charge is 0.310 e. The molecule has 0 unspecified atom stereocenters. The summed E-state index contributed by atoms with van der Waals surface area (Å²) in [4.78, 5) is 7.41. The topological polar surface area (TPSA) is 21.1 Å². The molecule has 0 fully saturated rings. The molecule has 1 aliphatic rings. The summed E-state index contributed by atoms with van der Waals surface area (Å²) in [5.74, 6) is 0.911. The Morgan fingerprint density at radius 3 is 1.80 bits per heavy atom. The molecule has 1 heterocycles. The Balaban J connectivity index is 0.00000256. The lowest BCUT2D eigenvalue weighted by molar-refractivity contribution is 0.996. The maximum Gasteiger partial charge on any atom is 0.145 e. The Hall–Kier alpha value is -7.75. The molecule has 3 heteroatoms. The Morgan fingerprint density at radius 1 is 0.656 bits per heavy atom. The van der Waals surface area contributed by atoms with Crippen LogP contribution in [0, 0.1) is 6.92 Å². The highest BCUT2D eigenvalue weighted by Crippen LogP contribution is 2.43. The standard InChI is InChI=1S/C59H47N3.C2H6/c1-5-19-55-56(6-2)62(48-23-11-8-12-24-48)59(60-55)45-36-34-44(35-37-45)54-39-46-38-53(49-25-14-16-27-51(49)58(46)52-28-17-15-26-50(52)54)43-32-30-42(31-33-43)41(4)61(47-21-9-7-10-22-47)57-29-18-13-20-40(57)3;1-2/h5-7,9-11,13-39H,2,4,8,12H2,1,3H3;1-2H3/b19-5-;. The van der Waals surface area contributed by atoms with E-state index in [2.05, 4.69) is 218 Å². The summed E-state index contributed by atoms with van der Waals surface area (Å²) in [7, 11) is 0. The van der Waals surface area contributed by atoms with Crippen molar-refractivity contribution in [3.63, 3.8) is 0 Å². The second kappa shape index (κ2) is 18.3. The van der Waals surface area contributed by atoms with Crippen LogP contribution in [0.2, 0.25) is 0 Å². The van der Waals surface area contributed by atoms with Crippen LogP contribution in [-0.4, -0.2) is 9.55 Å². The van der Waals surface area contributed by atoms with Crippen molar-refractivity contribution in [3.05, 3.63) is 224 Å². The third kappa shape index (κ3) is 7.60. The van der Waals surface area contributed by atoms with Gasteiger partial charge in [0.05, 0.1) is 11.4 Å². The van der Waals surface area contributed by atoms with E-state index in [-0.39, 0.29) is 0 Å². The van der Waals surface area contributed by atoms with Crippen molar-refractivity contribution in [3.8, 4) is 33.6 Å². The van der Waals surface area contributed by atoms with Gasteiger partial charge in [0, 0.05) is 28.3 Å². The number of anilines is 2. The molecule has 0 spiro atoms. The summed E-state index contributed by atoms with van der Waals surface area (Å²) >= 11 is 0. The number of para-hydroxylation sites is 2. The van der Waals surface area contributed by atoms with Crippen LogP contribution in [0.15, 0.2) is 201 Å². The van der Waals surface area contributed by atoms with Crippen LogP contribution in [0.25, 0.3) is 89.5 Å². The zero-order chi connectivity index (χ0) is 44.2. The van der Waals surface area contributed by atoms with E-state index in [1.54, 1.807) is 0 Å². The highest BCUT2D eigenvalue weighted by atomic mass is 15.1. The summed E-state index contributed by atoms with van der Waals surface area (Å²) in [5, 5.41) is 7.43. The van der Waals surface area contributed by atoms with Crippen molar-refractivity contribution in [2.45, 2.75) is 40.5 Å². The number of allylic oxidation sites excluding steroid dienone is 5. The molecule has 8 aromatic carbocycles. The van der Waals surface area contributed by atoms with Gasteiger partial charge in [0.1, 0.15) is 5.82 Å². The molecule has 312 valence electrons.